The Morgan fingerprint density at radius 2 is 1.70 bits per heavy atom. The molecule has 2 aromatic rings. The highest BCUT2D eigenvalue weighted by atomic mass is 32.2. The number of rotatable bonds is 7. The normalized spacial score (nSPS) is 22.6. The summed E-state index contributed by atoms with van der Waals surface area (Å²) in [7, 11) is 1.88. The third kappa shape index (κ3) is 6.17. The van der Waals surface area contributed by atoms with Gasteiger partial charge in [-0.3, -0.25) is 4.79 Å². The van der Waals surface area contributed by atoms with Gasteiger partial charge in [-0.15, -0.1) is 0 Å². The van der Waals surface area contributed by atoms with E-state index in [9.17, 15) is 9.35 Å². The maximum atomic E-state index is 12.9. The summed E-state index contributed by atoms with van der Waals surface area (Å²) in [4.78, 5) is 27.5. The number of carbonyl (C=O) groups excluding carboxylic acids is 1. The number of aryl methyl sites for hydroxylation is 1. The first kappa shape index (κ1) is 27.6. The maximum absolute atomic E-state index is 12.9. The Hall–Kier alpha value is -2.60. The largest absolute Gasteiger partial charge is 0.611 e. The Bertz CT molecular complexity index is 1160. The molecule has 0 spiro atoms. The molecule has 216 valence electrons. The van der Waals surface area contributed by atoms with Gasteiger partial charge in [0.05, 0.1) is 0 Å². The highest BCUT2D eigenvalue weighted by molar-refractivity contribution is 7.91. The van der Waals surface area contributed by atoms with Crippen molar-refractivity contribution in [1.29, 1.82) is 0 Å². The minimum Gasteiger partial charge on any atom is -0.611 e. The Kier molecular flexibility index (Phi) is 8.62. The first-order valence-electron chi connectivity index (χ1n) is 14.6. The fraction of sp³-hybridized carbons (Fsp3) is 0.621. The second kappa shape index (κ2) is 12.5. The average Bonchev–Trinajstić information content (AvgIpc) is 3.39. The number of aromatic nitrogens is 2. The van der Waals surface area contributed by atoms with Gasteiger partial charge in [0.2, 0.25) is 10.8 Å². The quantitative estimate of drug-likeness (QED) is 0.503. The fourth-order valence-corrected chi connectivity index (χ4v) is 7.26. The number of amides is 1. The fourth-order valence-electron chi connectivity index (χ4n) is 5.94. The lowest BCUT2D eigenvalue weighted by atomic mass is 10.1. The van der Waals surface area contributed by atoms with Crippen molar-refractivity contribution in [2.75, 3.05) is 62.5 Å². The molecule has 1 amide bonds. The smallest absolute Gasteiger partial charge is 0.253 e. The Morgan fingerprint density at radius 1 is 1.02 bits per heavy atom. The SMILES string of the molecule is CN(C(=O)c1ccc(OC2CCN(c3nc4c(c(NC5CCOCC5)n3)[S+]([O-])CC4)CC2)cc1)C1CCOCC1. The van der Waals surface area contributed by atoms with Crippen LogP contribution in [-0.2, 0) is 27.1 Å². The van der Waals surface area contributed by atoms with Gasteiger partial charge in [0, 0.05) is 83.5 Å². The van der Waals surface area contributed by atoms with E-state index in [4.69, 9.17) is 24.2 Å². The number of nitrogens with zero attached hydrogens (tertiary/aromatic N) is 4. The van der Waals surface area contributed by atoms with E-state index in [-0.39, 0.29) is 24.1 Å². The first-order valence-corrected chi connectivity index (χ1v) is 15.9. The average molecular weight is 570 g/mol. The topological polar surface area (TPSA) is 112 Å². The van der Waals surface area contributed by atoms with Crippen LogP contribution in [0.15, 0.2) is 29.2 Å². The first-order chi connectivity index (χ1) is 19.5. The number of fused-ring (bicyclic) bond motifs is 1. The summed E-state index contributed by atoms with van der Waals surface area (Å²) in [6.07, 6.45) is 6.12. The molecule has 1 aromatic heterocycles. The van der Waals surface area contributed by atoms with E-state index in [1.54, 1.807) is 0 Å². The molecule has 1 unspecified atom stereocenters. The van der Waals surface area contributed by atoms with Gasteiger partial charge >= 0.3 is 0 Å². The molecule has 4 aliphatic rings. The molecule has 0 aliphatic carbocycles. The minimum atomic E-state index is -1.05. The van der Waals surface area contributed by atoms with Gasteiger partial charge in [-0.2, -0.15) is 4.98 Å². The van der Waals surface area contributed by atoms with Crippen LogP contribution in [-0.4, -0.2) is 95.8 Å². The zero-order chi connectivity index (χ0) is 27.5. The molecule has 6 rings (SSSR count). The summed E-state index contributed by atoms with van der Waals surface area (Å²) in [5.41, 5.74) is 1.59. The number of hydrogen-bond donors (Lipinski definition) is 1. The molecular weight excluding hydrogens is 530 g/mol. The van der Waals surface area contributed by atoms with Crippen LogP contribution in [0.5, 0.6) is 5.75 Å². The predicted molar refractivity (Wildman–Crippen MR) is 153 cm³/mol. The molecule has 11 heteroatoms. The number of carbonyl (C=O) groups is 1. The van der Waals surface area contributed by atoms with Gasteiger partial charge in [-0.05, 0) is 61.1 Å². The van der Waals surface area contributed by atoms with Crippen LogP contribution < -0.4 is 15.0 Å². The summed E-state index contributed by atoms with van der Waals surface area (Å²) >= 11 is -1.05. The number of anilines is 2. The van der Waals surface area contributed by atoms with Gasteiger partial charge in [0.15, 0.2) is 5.82 Å². The molecular formula is C29H39N5O5S. The van der Waals surface area contributed by atoms with Crippen LogP contribution in [0.4, 0.5) is 11.8 Å². The third-order valence-corrected chi connectivity index (χ3v) is 9.88. The summed E-state index contributed by atoms with van der Waals surface area (Å²) in [6.45, 7) is 4.47. The molecule has 0 radical (unpaired) electrons. The number of ether oxygens (including phenoxy) is 3. The van der Waals surface area contributed by atoms with Gasteiger partial charge in [-0.25, -0.2) is 4.98 Å². The van der Waals surface area contributed by atoms with Crippen LogP contribution in [0.25, 0.3) is 0 Å². The van der Waals surface area contributed by atoms with Crippen molar-refractivity contribution in [3.8, 4) is 5.75 Å². The summed E-state index contributed by atoms with van der Waals surface area (Å²) in [5, 5.41) is 3.56. The molecule has 4 aliphatic heterocycles. The molecule has 1 N–H and O–H groups in total. The van der Waals surface area contributed by atoms with E-state index in [0.717, 1.165) is 93.4 Å². The molecule has 0 bridgehead atoms. The van der Waals surface area contributed by atoms with Gasteiger partial charge < -0.3 is 33.9 Å². The second-order valence-corrected chi connectivity index (χ2v) is 12.6. The standard InChI is InChI=1S/C29H39N5O5S/c1-33(22-10-17-38-18-11-22)28(35)20-2-4-23(5-3-20)39-24-6-13-34(14-7-24)29-31-25-12-19-40(36)26(25)27(32-29)30-21-8-15-37-16-9-21/h2-5,21-22,24H,6-19H2,1H3,(H,30,31,32). The summed E-state index contributed by atoms with van der Waals surface area (Å²) in [6, 6.07) is 8.02. The Balaban J connectivity index is 1.05. The maximum Gasteiger partial charge on any atom is 0.253 e. The van der Waals surface area contributed by atoms with Crippen LogP contribution in [0.2, 0.25) is 0 Å². The van der Waals surface area contributed by atoms with Gasteiger partial charge in [-0.1, -0.05) is 0 Å². The lowest BCUT2D eigenvalue weighted by Crippen LogP contribution is -2.40. The number of piperidine rings is 1. The Morgan fingerprint density at radius 3 is 2.40 bits per heavy atom. The highest BCUT2D eigenvalue weighted by Gasteiger charge is 2.34. The van der Waals surface area contributed by atoms with Crippen molar-refractivity contribution >= 4 is 28.8 Å². The zero-order valence-electron chi connectivity index (χ0n) is 23.2. The van der Waals surface area contributed by atoms with Crippen LogP contribution >= 0.6 is 0 Å². The van der Waals surface area contributed by atoms with E-state index in [2.05, 4.69) is 10.2 Å². The van der Waals surface area contributed by atoms with Crippen molar-refractivity contribution in [3.05, 3.63) is 35.5 Å². The van der Waals surface area contributed by atoms with Crippen molar-refractivity contribution < 1.29 is 23.6 Å². The zero-order valence-corrected chi connectivity index (χ0v) is 24.0. The van der Waals surface area contributed by atoms with Crippen molar-refractivity contribution in [2.45, 2.75) is 68.0 Å². The second-order valence-electron chi connectivity index (χ2n) is 11.1. The van der Waals surface area contributed by atoms with E-state index in [0.29, 0.717) is 30.5 Å². The lowest BCUT2D eigenvalue weighted by Gasteiger charge is -2.33. The molecule has 10 nitrogen and oxygen atoms in total. The molecule has 5 heterocycles. The molecule has 3 fully saturated rings. The van der Waals surface area contributed by atoms with Gasteiger partial charge in [0.1, 0.15) is 23.3 Å². The molecule has 3 saturated heterocycles. The van der Waals surface area contributed by atoms with E-state index in [1.807, 2.05) is 36.2 Å². The number of nitrogens with one attached hydrogen (secondary N) is 1. The van der Waals surface area contributed by atoms with Crippen LogP contribution in [0, 0.1) is 0 Å². The summed E-state index contributed by atoms with van der Waals surface area (Å²) < 4.78 is 29.9. The van der Waals surface area contributed by atoms with Crippen molar-refractivity contribution in [2.24, 2.45) is 0 Å². The monoisotopic (exact) mass is 569 g/mol. The lowest BCUT2D eigenvalue weighted by molar-refractivity contribution is 0.0362. The Labute approximate surface area is 239 Å². The summed E-state index contributed by atoms with van der Waals surface area (Å²) in [5.74, 6) is 2.88. The molecule has 1 atom stereocenters. The predicted octanol–water partition coefficient (Wildman–Crippen LogP) is 3.03. The molecule has 40 heavy (non-hydrogen) atoms. The van der Waals surface area contributed by atoms with Crippen LogP contribution in [0.1, 0.15) is 54.6 Å². The molecule has 0 saturated carbocycles. The van der Waals surface area contributed by atoms with Crippen molar-refractivity contribution in [3.63, 3.8) is 0 Å². The van der Waals surface area contributed by atoms with E-state index in [1.165, 1.54) is 0 Å². The number of benzene rings is 1. The molecule has 1 aromatic carbocycles. The van der Waals surface area contributed by atoms with Crippen LogP contribution in [0.3, 0.4) is 0 Å². The van der Waals surface area contributed by atoms with Gasteiger partial charge in [0.25, 0.3) is 5.91 Å². The van der Waals surface area contributed by atoms with Crippen molar-refractivity contribution in [1.82, 2.24) is 14.9 Å². The highest BCUT2D eigenvalue weighted by Crippen LogP contribution is 2.34. The van der Waals surface area contributed by atoms with E-state index >= 15 is 0 Å². The number of hydrogen-bond acceptors (Lipinski definition) is 9. The minimum absolute atomic E-state index is 0.0376. The third-order valence-electron chi connectivity index (χ3n) is 8.43. The van der Waals surface area contributed by atoms with E-state index < -0.39 is 11.2 Å².